The molecule has 4 rings (SSSR count). The molecule has 0 saturated heterocycles. The number of rotatable bonds is 5. The number of nitrogens with zero attached hydrogens (tertiary/aromatic N) is 2. The molecule has 1 amide bonds. The van der Waals surface area contributed by atoms with Crippen molar-refractivity contribution >= 4 is 44.6 Å². The number of carbonyl (C=O) groups excluding carboxylic acids is 1. The maximum atomic E-state index is 12.4. The summed E-state index contributed by atoms with van der Waals surface area (Å²) in [6.07, 6.45) is 0.577. The second-order valence-electron chi connectivity index (χ2n) is 6.18. The van der Waals surface area contributed by atoms with Crippen LogP contribution < -0.4 is 15.2 Å². The number of imidazole rings is 1. The minimum absolute atomic E-state index is 0.0732. The highest BCUT2D eigenvalue weighted by molar-refractivity contribution is 7.92. The number of halogens is 1. The van der Waals surface area contributed by atoms with Crippen molar-refractivity contribution in [1.29, 1.82) is 0 Å². The molecule has 0 aliphatic carbocycles. The minimum atomic E-state index is -3.79. The van der Waals surface area contributed by atoms with Gasteiger partial charge in [-0.2, -0.15) is 0 Å². The second-order valence-corrected chi connectivity index (χ2v) is 8.30. The van der Waals surface area contributed by atoms with Crippen LogP contribution in [0.5, 0.6) is 5.75 Å². The molecule has 0 spiro atoms. The summed E-state index contributed by atoms with van der Waals surface area (Å²) >= 11 is 5.79. The van der Waals surface area contributed by atoms with Crippen LogP contribution >= 0.6 is 11.6 Å². The summed E-state index contributed by atoms with van der Waals surface area (Å²) in [5.41, 5.74) is 6.94. The Kier molecular flexibility index (Phi) is 5.02. The summed E-state index contributed by atoms with van der Waals surface area (Å²) in [6.45, 7) is 0. The summed E-state index contributed by atoms with van der Waals surface area (Å²) in [7, 11) is -3.79. The number of aromatic nitrogens is 3. The van der Waals surface area contributed by atoms with Crippen LogP contribution in [0.25, 0.3) is 22.4 Å². The largest absolute Gasteiger partial charge is 0.410 e. The zero-order valence-electron chi connectivity index (χ0n) is 15.2. The van der Waals surface area contributed by atoms with Crippen molar-refractivity contribution in [2.75, 3.05) is 4.72 Å². The number of ether oxygens (including phenoxy) is 1. The Balaban J connectivity index is 1.56. The van der Waals surface area contributed by atoms with Gasteiger partial charge in [-0.25, -0.2) is 23.2 Å². The maximum absolute atomic E-state index is 12.4. The van der Waals surface area contributed by atoms with E-state index in [-0.39, 0.29) is 16.5 Å². The number of amides is 1. The molecule has 0 saturated carbocycles. The lowest BCUT2D eigenvalue weighted by molar-refractivity contribution is 0.211. The number of sulfonamides is 1. The number of pyridine rings is 1. The van der Waals surface area contributed by atoms with Gasteiger partial charge in [0.1, 0.15) is 17.4 Å². The molecule has 9 nitrogen and oxygen atoms in total. The second kappa shape index (κ2) is 7.65. The number of H-pyrrole nitrogens is 1. The molecular formula is C19H14ClN5O4S. The van der Waals surface area contributed by atoms with Crippen LogP contribution in [0.4, 0.5) is 10.6 Å². The fourth-order valence-corrected chi connectivity index (χ4v) is 3.84. The van der Waals surface area contributed by atoms with E-state index in [1.54, 1.807) is 24.3 Å². The lowest BCUT2D eigenvalue weighted by atomic mass is 10.3. The average Bonchev–Trinajstić information content (AvgIpc) is 3.11. The van der Waals surface area contributed by atoms with E-state index in [0.717, 1.165) is 0 Å². The van der Waals surface area contributed by atoms with Crippen molar-refractivity contribution in [3.63, 3.8) is 0 Å². The number of aromatic amines is 1. The van der Waals surface area contributed by atoms with Gasteiger partial charge in [-0.1, -0.05) is 11.6 Å². The SMILES string of the molecule is NC(=O)Oc1ccc2nc(-c3ccc(NS(=O)(=O)c4ccc(Cl)cc4)nc3)[nH]c2c1. The number of hydrogen-bond donors (Lipinski definition) is 3. The first-order valence-corrected chi connectivity index (χ1v) is 10.4. The fraction of sp³-hybridized carbons (Fsp3) is 0. The lowest BCUT2D eigenvalue weighted by Gasteiger charge is -2.07. The minimum Gasteiger partial charge on any atom is -0.410 e. The quantitative estimate of drug-likeness (QED) is 0.431. The molecule has 2 heterocycles. The molecule has 4 aromatic rings. The van der Waals surface area contributed by atoms with E-state index in [0.29, 0.717) is 27.4 Å². The van der Waals surface area contributed by atoms with Gasteiger partial charge < -0.3 is 15.5 Å². The van der Waals surface area contributed by atoms with Crippen molar-refractivity contribution in [2.24, 2.45) is 5.73 Å². The summed E-state index contributed by atoms with van der Waals surface area (Å²) in [5.74, 6) is 0.957. The molecule has 2 aromatic heterocycles. The summed E-state index contributed by atoms with van der Waals surface area (Å²) in [4.78, 5) is 22.6. The Labute approximate surface area is 175 Å². The molecule has 0 fully saturated rings. The van der Waals surface area contributed by atoms with Crippen molar-refractivity contribution in [3.8, 4) is 17.1 Å². The molecule has 11 heteroatoms. The van der Waals surface area contributed by atoms with E-state index in [1.807, 2.05) is 0 Å². The van der Waals surface area contributed by atoms with Gasteiger partial charge in [0, 0.05) is 22.8 Å². The first-order chi connectivity index (χ1) is 14.3. The number of benzene rings is 2. The highest BCUT2D eigenvalue weighted by Crippen LogP contribution is 2.24. The normalized spacial score (nSPS) is 11.4. The molecule has 152 valence electrons. The molecular weight excluding hydrogens is 430 g/mol. The van der Waals surface area contributed by atoms with Gasteiger partial charge in [0.05, 0.1) is 15.9 Å². The molecule has 4 N–H and O–H groups in total. The van der Waals surface area contributed by atoms with Gasteiger partial charge in [0.25, 0.3) is 10.0 Å². The number of nitrogens with two attached hydrogens (primary N) is 1. The van der Waals surface area contributed by atoms with Crippen LogP contribution in [-0.2, 0) is 10.0 Å². The predicted octanol–water partition coefficient (Wildman–Crippen LogP) is 3.54. The van der Waals surface area contributed by atoms with Crippen LogP contribution in [-0.4, -0.2) is 29.5 Å². The van der Waals surface area contributed by atoms with E-state index in [9.17, 15) is 13.2 Å². The van der Waals surface area contributed by atoms with Gasteiger partial charge in [0.15, 0.2) is 0 Å². The van der Waals surface area contributed by atoms with E-state index in [4.69, 9.17) is 22.1 Å². The smallest absolute Gasteiger partial charge is 0.409 e. The Hall–Kier alpha value is -3.63. The Bertz CT molecular complexity index is 1340. The van der Waals surface area contributed by atoms with Gasteiger partial charge in [-0.15, -0.1) is 0 Å². The number of nitrogens with one attached hydrogen (secondary N) is 2. The zero-order valence-corrected chi connectivity index (χ0v) is 16.7. The first-order valence-electron chi connectivity index (χ1n) is 8.52. The van der Waals surface area contributed by atoms with E-state index >= 15 is 0 Å². The summed E-state index contributed by atoms with van der Waals surface area (Å²) < 4.78 is 32.1. The Morgan fingerprint density at radius 3 is 2.53 bits per heavy atom. The maximum Gasteiger partial charge on any atom is 0.409 e. The molecule has 30 heavy (non-hydrogen) atoms. The van der Waals surface area contributed by atoms with Crippen LogP contribution in [0.3, 0.4) is 0 Å². The number of anilines is 1. The molecule has 0 aliphatic rings. The molecule has 0 radical (unpaired) electrons. The van der Waals surface area contributed by atoms with Crippen LogP contribution in [0, 0.1) is 0 Å². The third kappa shape index (κ3) is 4.19. The van der Waals surface area contributed by atoms with Crippen molar-refractivity contribution < 1.29 is 17.9 Å². The van der Waals surface area contributed by atoms with Crippen molar-refractivity contribution in [3.05, 3.63) is 65.8 Å². The van der Waals surface area contributed by atoms with Crippen molar-refractivity contribution in [2.45, 2.75) is 4.90 Å². The highest BCUT2D eigenvalue weighted by atomic mass is 35.5. The van der Waals surface area contributed by atoms with Crippen LogP contribution in [0.1, 0.15) is 0 Å². The van der Waals surface area contributed by atoms with E-state index in [1.165, 1.54) is 36.5 Å². The third-order valence-corrected chi connectivity index (χ3v) is 5.69. The zero-order chi connectivity index (χ0) is 21.3. The van der Waals surface area contributed by atoms with E-state index < -0.39 is 16.1 Å². The monoisotopic (exact) mass is 443 g/mol. The highest BCUT2D eigenvalue weighted by Gasteiger charge is 2.15. The predicted molar refractivity (Wildman–Crippen MR) is 112 cm³/mol. The molecule has 0 atom stereocenters. The number of primary amides is 1. The number of hydrogen-bond acceptors (Lipinski definition) is 6. The molecule has 0 unspecified atom stereocenters. The lowest BCUT2D eigenvalue weighted by Crippen LogP contribution is -2.16. The Morgan fingerprint density at radius 2 is 1.87 bits per heavy atom. The molecule has 0 aliphatic heterocycles. The van der Waals surface area contributed by atoms with E-state index in [2.05, 4.69) is 19.7 Å². The first kappa shape index (κ1) is 19.7. The van der Waals surface area contributed by atoms with Gasteiger partial charge in [0.2, 0.25) is 0 Å². The molecule has 2 aromatic carbocycles. The third-order valence-electron chi connectivity index (χ3n) is 4.07. The van der Waals surface area contributed by atoms with Crippen LogP contribution in [0.2, 0.25) is 5.02 Å². The average molecular weight is 444 g/mol. The molecule has 0 bridgehead atoms. The standard InChI is InChI=1S/C19H14ClN5O4S/c20-12-2-5-14(6-3-12)30(27,28)25-17-8-1-11(10-22-17)18-23-15-7-4-13(29-19(21)26)9-16(15)24-18/h1-10H,(H2,21,26)(H,22,25)(H,23,24). The summed E-state index contributed by atoms with van der Waals surface area (Å²) in [6, 6.07) is 13.8. The topological polar surface area (TPSA) is 140 Å². The Morgan fingerprint density at radius 1 is 1.10 bits per heavy atom. The van der Waals surface area contributed by atoms with Gasteiger partial charge in [-0.05, 0) is 48.5 Å². The van der Waals surface area contributed by atoms with Gasteiger partial charge >= 0.3 is 6.09 Å². The fourth-order valence-electron chi connectivity index (χ4n) is 2.71. The number of carbonyl (C=O) groups is 1. The number of fused-ring (bicyclic) bond motifs is 1. The summed E-state index contributed by atoms with van der Waals surface area (Å²) in [5, 5.41) is 0.440. The van der Waals surface area contributed by atoms with Gasteiger partial charge in [-0.3, -0.25) is 4.72 Å². The van der Waals surface area contributed by atoms with Crippen molar-refractivity contribution in [1.82, 2.24) is 15.0 Å². The van der Waals surface area contributed by atoms with Crippen LogP contribution in [0.15, 0.2) is 65.7 Å².